The molecule has 0 amide bonds. The second kappa shape index (κ2) is 20.7. The van der Waals surface area contributed by atoms with E-state index >= 15 is 0 Å². The van der Waals surface area contributed by atoms with Crippen LogP contribution >= 0.6 is 7.26 Å². The first kappa shape index (κ1) is 28.4. The van der Waals surface area contributed by atoms with Crippen molar-refractivity contribution in [3.8, 4) is 0 Å². The Labute approximate surface area is 181 Å². The zero-order valence-corrected chi connectivity index (χ0v) is 21.9. The van der Waals surface area contributed by atoms with Crippen LogP contribution in [-0.2, 0) is 0 Å². The summed E-state index contributed by atoms with van der Waals surface area (Å²) < 4.78 is 0. The van der Waals surface area contributed by atoms with Crippen molar-refractivity contribution in [1.82, 2.24) is 0 Å². The van der Waals surface area contributed by atoms with Gasteiger partial charge in [0.1, 0.15) is 0 Å². The Kier molecular flexibility index (Phi) is 21.0. The molecule has 0 heterocycles. The fourth-order valence-corrected chi connectivity index (χ4v) is 10.4. The molecule has 172 valence electrons. The van der Waals surface area contributed by atoms with Gasteiger partial charge in [-0.1, -0.05) is 0 Å². The van der Waals surface area contributed by atoms with Crippen molar-refractivity contribution in [1.29, 1.82) is 0 Å². The molecule has 0 saturated heterocycles. The molecule has 0 fully saturated rings. The summed E-state index contributed by atoms with van der Waals surface area (Å²) in [5.74, 6) is 0. The third-order valence-electron chi connectivity index (χ3n) is 7.31. The molecule has 0 aromatic carbocycles. The second-order valence-corrected chi connectivity index (χ2v) is 15.4. The fraction of sp³-hybridized carbons (Fsp3) is 1.00. The molecule has 0 aliphatic rings. The van der Waals surface area contributed by atoms with E-state index < -0.39 is 7.26 Å². The van der Waals surface area contributed by atoms with Crippen molar-refractivity contribution in [2.45, 2.75) is 156 Å². The van der Waals surface area contributed by atoms with E-state index in [1.807, 2.05) is 0 Å². The maximum atomic E-state index is 2.59. The van der Waals surface area contributed by atoms with E-state index in [0.29, 0.717) is 0 Å². The third kappa shape index (κ3) is 15.3. The molecule has 0 aromatic rings. The average molecular weight is 415 g/mol. The van der Waals surface area contributed by atoms with Crippen LogP contribution in [0, 0.1) is 0 Å². The van der Waals surface area contributed by atoms with E-state index in [2.05, 4.69) is 34.6 Å². The second-order valence-electron chi connectivity index (χ2n) is 10.1. The molecule has 0 aromatic heterocycles. The summed E-state index contributed by atoms with van der Waals surface area (Å²) in [4.78, 5) is 0. The van der Waals surface area contributed by atoms with Crippen LogP contribution in [0.15, 0.2) is 0 Å². The summed E-state index contributed by atoms with van der Waals surface area (Å²) in [5.41, 5.74) is 0.995. The summed E-state index contributed by atoms with van der Waals surface area (Å²) in [7, 11) is -1.08. The minimum atomic E-state index is -1.08. The monoisotopic (exact) mass is 414 g/mol. The molecule has 0 saturated carbocycles. The Morgan fingerprint density at radius 1 is 0.393 bits per heavy atom. The number of unbranched alkanes of at least 4 members (excludes halogenated alkanes) is 15. The van der Waals surface area contributed by atoms with Gasteiger partial charge in [0, 0.05) is 0 Å². The third-order valence-corrected chi connectivity index (χ3v) is 13.8. The van der Waals surface area contributed by atoms with E-state index in [1.165, 1.54) is 96.3 Å². The van der Waals surface area contributed by atoms with Gasteiger partial charge in [0.2, 0.25) is 0 Å². The molecule has 0 spiro atoms. The van der Waals surface area contributed by atoms with Crippen molar-refractivity contribution in [2.75, 3.05) is 18.5 Å². The normalized spacial score (nSPS) is 12.8. The van der Waals surface area contributed by atoms with E-state index in [4.69, 9.17) is 0 Å². The number of rotatable bonds is 22. The van der Waals surface area contributed by atoms with E-state index in [-0.39, 0.29) is 0 Å². The van der Waals surface area contributed by atoms with Crippen LogP contribution in [0.25, 0.3) is 0 Å². The van der Waals surface area contributed by atoms with Crippen molar-refractivity contribution in [3.05, 3.63) is 0 Å². The molecule has 0 bridgehead atoms. The summed E-state index contributed by atoms with van der Waals surface area (Å²) >= 11 is 0. The molecule has 1 heteroatoms. The molecule has 0 aliphatic heterocycles. The number of hydrogen-bond acceptors (Lipinski definition) is 0. The summed E-state index contributed by atoms with van der Waals surface area (Å²) in [6.45, 7) is 12.2. The van der Waals surface area contributed by atoms with Gasteiger partial charge < -0.3 is 0 Å². The molecule has 0 radical (unpaired) electrons. The molecule has 0 rings (SSSR count). The van der Waals surface area contributed by atoms with Crippen LogP contribution in [0.2, 0.25) is 0 Å². The predicted molar refractivity (Wildman–Crippen MR) is 138 cm³/mol. The Balaban J connectivity index is 4.45. The number of hydrogen-bond donors (Lipinski definition) is 0. The van der Waals surface area contributed by atoms with Gasteiger partial charge in [0.15, 0.2) is 0 Å². The summed E-state index contributed by atoms with van der Waals surface area (Å²) in [6.07, 6.45) is 31.4. The first-order chi connectivity index (χ1) is 13.6. The van der Waals surface area contributed by atoms with Crippen molar-refractivity contribution in [2.24, 2.45) is 0 Å². The molecule has 0 nitrogen and oxygen atoms in total. The molecule has 0 atom stereocenters. The van der Waals surface area contributed by atoms with Crippen molar-refractivity contribution >= 4 is 7.26 Å². The quantitative estimate of drug-likeness (QED) is 0.122. The van der Waals surface area contributed by atoms with E-state index in [0.717, 1.165) is 5.66 Å². The Morgan fingerprint density at radius 3 is 0.893 bits per heavy atom. The van der Waals surface area contributed by atoms with Gasteiger partial charge in [-0.05, 0) is 0 Å². The first-order valence-electron chi connectivity index (χ1n) is 13.6. The van der Waals surface area contributed by atoms with Crippen LogP contribution in [0.4, 0.5) is 0 Å². The van der Waals surface area contributed by atoms with Gasteiger partial charge in [-0.25, -0.2) is 0 Å². The molecular weight excluding hydrogens is 355 g/mol. The summed E-state index contributed by atoms with van der Waals surface area (Å²) in [5, 5.41) is 0. The Hall–Kier alpha value is 0.430. The zero-order chi connectivity index (χ0) is 20.9. The van der Waals surface area contributed by atoms with Gasteiger partial charge in [0.25, 0.3) is 0 Å². The maximum absolute atomic E-state index is 2.59. The zero-order valence-electron chi connectivity index (χ0n) is 20.9. The van der Waals surface area contributed by atoms with Gasteiger partial charge in [0.05, 0.1) is 0 Å². The van der Waals surface area contributed by atoms with Gasteiger partial charge in [-0.3, -0.25) is 0 Å². The molecule has 0 unspecified atom stereocenters. The fourth-order valence-electron chi connectivity index (χ4n) is 5.01. The van der Waals surface area contributed by atoms with Crippen LogP contribution in [-0.4, -0.2) is 24.1 Å². The van der Waals surface area contributed by atoms with Crippen LogP contribution in [0.1, 0.15) is 150 Å². The average Bonchev–Trinajstić information content (AvgIpc) is 2.69. The van der Waals surface area contributed by atoms with Crippen molar-refractivity contribution in [3.63, 3.8) is 0 Å². The minimum absolute atomic E-state index is 0.995. The standard InChI is InChI=1S/C27H59P/c1-6-9-12-15-18-21-24-28(27(4)5,25-22-19-16-13-10-7-2)26-23-20-17-14-11-8-3/h27-28H,6-26H2,1-5H3. The SMILES string of the molecule is CCCCCCCC[PH](CCCCCCCC)(CCCCCCCC)C(C)C. The van der Waals surface area contributed by atoms with Gasteiger partial charge in [-0.2, -0.15) is 0 Å². The predicted octanol–water partition coefficient (Wildman–Crippen LogP) is 10.2. The molecule has 0 aliphatic carbocycles. The first-order valence-corrected chi connectivity index (χ1v) is 16.3. The van der Waals surface area contributed by atoms with E-state index in [9.17, 15) is 0 Å². The Bertz CT molecular complexity index is 256. The topological polar surface area (TPSA) is 0 Å². The van der Waals surface area contributed by atoms with Crippen LogP contribution in [0.3, 0.4) is 0 Å². The molecule has 0 N–H and O–H groups in total. The van der Waals surface area contributed by atoms with Gasteiger partial charge in [-0.15, -0.1) is 0 Å². The van der Waals surface area contributed by atoms with Crippen molar-refractivity contribution < 1.29 is 0 Å². The van der Waals surface area contributed by atoms with Gasteiger partial charge >= 0.3 is 182 Å². The van der Waals surface area contributed by atoms with Crippen LogP contribution in [0.5, 0.6) is 0 Å². The van der Waals surface area contributed by atoms with E-state index in [1.54, 1.807) is 37.7 Å². The summed E-state index contributed by atoms with van der Waals surface area (Å²) in [6, 6.07) is 0. The Morgan fingerprint density at radius 2 is 0.643 bits per heavy atom. The van der Waals surface area contributed by atoms with Crippen LogP contribution < -0.4 is 0 Å². The molecular formula is C27H59P. The molecule has 28 heavy (non-hydrogen) atoms.